The van der Waals surface area contributed by atoms with E-state index in [4.69, 9.17) is 18.9 Å². The molecule has 0 aliphatic carbocycles. The maximum Gasteiger partial charge on any atom is 0.319 e. The lowest BCUT2D eigenvalue weighted by atomic mass is 9.99. The van der Waals surface area contributed by atoms with Crippen LogP contribution in [0.15, 0.2) is 8.73 Å². The second-order valence-electron chi connectivity index (χ2n) is 10.4. The van der Waals surface area contributed by atoms with Crippen LogP contribution in [0, 0.1) is 0 Å². The van der Waals surface area contributed by atoms with Gasteiger partial charge in [-0.1, -0.05) is 0 Å². The smallest absolute Gasteiger partial charge is 0.319 e. The molecule has 0 bridgehead atoms. The summed E-state index contributed by atoms with van der Waals surface area (Å²) in [4.78, 5) is 36.8. The highest BCUT2D eigenvalue weighted by molar-refractivity contribution is 8.01. The van der Waals surface area contributed by atoms with Crippen LogP contribution in [-0.4, -0.2) is 158 Å². The molecule has 0 amide bonds. The van der Waals surface area contributed by atoms with Gasteiger partial charge >= 0.3 is 11.9 Å². The Labute approximate surface area is 244 Å². The fourth-order valence-electron chi connectivity index (χ4n) is 3.94. The molecule has 238 valence electrons. The van der Waals surface area contributed by atoms with Gasteiger partial charge in [0.2, 0.25) is 0 Å². The molecular formula is C23H40N2O13S3. The molecule has 0 saturated carbocycles. The van der Waals surface area contributed by atoms with E-state index >= 15 is 0 Å². The Morgan fingerprint density at radius 2 is 1.27 bits per heavy atom. The molecule has 2 saturated heterocycles. The largest absolute Gasteiger partial charge is 0.463 e. The molecule has 0 aromatic rings. The first-order chi connectivity index (χ1) is 18.9. The van der Waals surface area contributed by atoms with E-state index < -0.39 is 105 Å². The van der Waals surface area contributed by atoms with E-state index in [0.717, 1.165) is 11.8 Å². The molecule has 2 aliphatic heterocycles. The maximum absolute atomic E-state index is 12.8. The van der Waals surface area contributed by atoms with Crippen LogP contribution in [0.4, 0.5) is 0 Å². The molecule has 0 aromatic carbocycles. The summed E-state index contributed by atoms with van der Waals surface area (Å²) in [5.74, 6) is -2.14. The number of carbonyl (C=O) groups is 3. The van der Waals surface area contributed by atoms with Crippen LogP contribution in [0.2, 0.25) is 0 Å². The van der Waals surface area contributed by atoms with Crippen molar-refractivity contribution in [3.63, 3.8) is 0 Å². The molecule has 2 aliphatic rings. The maximum atomic E-state index is 12.8. The first kappa shape index (κ1) is 35.8. The van der Waals surface area contributed by atoms with Crippen molar-refractivity contribution in [2.45, 2.75) is 67.3 Å². The summed E-state index contributed by atoms with van der Waals surface area (Å²) < 4.78 is 52.9. The highest BCUT2D eigenvalue weighted by Gasteiger charge is 2.41. The predicted molar refractivity (Wildman–Crippen MR) is 149 cm³/mol. The number of hydrogen-bond acceptors (Lipinski definition) is 16. The van der Waals surface area contributed by atoms with E-state index in [1.54, 1.807) is 0 Å². The Kier molecular flexibility index (Phi) is 13.4. The van der Waals surface area contributed by atoms with Gasteiger partial charge in [-0.15, -0.1) is 11.8 Å². The predicted octanol–water partition coefficient (Wildman–Crippen LogP) is -2.41. The van der Waals surface area contributed by atoms with Gasteiger partial charge in [0, 0.05) is 44.5 Å². The second-order valence-corrected chi connectivity index (χ2v) is 16.8. The molecule has 1 unspecified atom stereocenters. The summed E-state index contributed by atoms with van der Waals surface area (Å²) in [5.41, 5.74) is 0. The van der Waals surface area contributed by atoms with Gasteiger partial charge in [-0.25, -0.2) is 8.73 Å². The van der Waals surface area contributed by atoms with Crippen molar-refractivity contribution in [1.29, 1.82) is 0 Å². The molecule has 0 aromatic heterocycles. The second kappa shape index (κ2) is 15.4. The molecule has 2 rings (SSSR count). The summed E-state index contributed by atoms with van der Waals surface area (Å²) in [6.45, 7) is 0.0531. The fourth-order valence-corrected chi connectivity index (χ4v) is 6.51. The summed E-state index contributed by atoms with van der Waals surface area (Å²) in [5, 5.41) is 40.2. The van der Waals surface area contributed by atoms with Crippen molar-refractivity contribution in [2.24, 2.45) is 8.73 Å². The number of rotatable bonds is 12. The number of nitrogens with zero attached hydrogens (tertiary/aromatic N) is 2. The van der Waals surface area contributed by atoms with Crippen LogP contribution in [0.25, 0.3) is 0 Å². The molecule has 0 spiro atoms. The summed E-state index contributed by atoms with van der Waals surface area (Å²) in [7, 11) is -5.14. The fraction of sp³-hybridized carbons (Fsp3) is 0.870. The van der Waals surface area contributed by atoms with Crippen LogP contribution >= 0.6 is 11.8 Å². The van der Waals surface area contributed by atoms with Gasteiger partial charge in [-0.05, 0) is 6.92 Å². The standard InChI is InChI=1S/C23H40N2O13S3/c1-12(26)11-39-17(23(32)38-10-16-22(31)20(29)14(8-36-16)25-41(4,5)34)6-18(27)37-9-15-21(30)19(28)13(7-35-15)24-40(2,3)33/h13-17,19-22,28-31H,6-11H2,1-5H3/t13-,14-,15-,16-,17?,19-,20-,21+,22+/m1/s1. The zero-order valence-electron chi connectivity index (χ0n) is 23.5. The summed E-state index contributed by atoms with van der Waals surface area (Å²) in [6, 6.07) is -1.85. The molecule has 41 heavy (non-hydrogen) atoms. The van der Waals surface area contributed by atoms with Crippen molar-refractivity contribution in [2.75, 3.05) is 57.2 Å². The minimum absolute atomic E-state index is 0.107. The lowest BCUT2D eigenvalue weighted by Crippen LogP contribution is -2.54. The van der Waals surface area contributed by atoms with E-state index in [-0.39, 0.29) is 24.7 Å². The van der Waals surface area contributed by atoms with Crippen LogP contribution < -0.4 is 0 Å². The average Bonchev–Trinajstić information content (AvgIpc) is 2.84. The van der Waals surface area contributed by atoms with Gasteiger partial charge < -0.3 is 39.4 Å². The Morgan fingerprint density at radius 3 is 1.68 bits per heavy atom. The number of thioether (sulfide) groups is 1. The normalized spacial score (nSPS) is 31.5. The Balaban J connectivity index is 1.93. The molecule has 0 radical (unpaired) electrons. The quantitative estimate of drug-likeness (QED) is 0.162. The highest BCUT2D eigenvalue weighted by atomic mass is 32.2. The van der Waals surface area contributed by atoms with Crippen molar-refractivity contribution in [3.05, 3.63) is 0 Å². The van der Waals surface area contributed by atoms with Crippen molar-refractivity contribution in [3.8, 4) is 0 Å². The zero-order valence-corrected chi connectivity index (χ0v) is 26.0. The van der Waals surface area contributed by atoms with Gasteiger partial charge in [0.25, 0.3) is 0 Å². The number of hydrogen-bond donors (Lipinski definition) is 4. The number of carbonyl (C=O) groups excluding carboxylic acids is 3. The van der Waals surface area contributed by atoms with Crippen molar-refractivity contribution in [1.82, 2.24) is 0 Å². The van der Waals surface area contributed by atoms with Gasteiger partial charge in [-0.3, -0.25) is 22.8 Å². The monoisotopic (exact) mass is 648 g/mol. The molecular weight excluding hydrogens is 608 g/mol. The van der Waals surface area contributed by atoms with Crippen LogP contribution in [0.3, 0.4) is 0 Å². The van der Waals surface area contributed by atoms with E-state index in [9.17, 15) is 43.2 Å². The van der Waals surface area contributed by atoms with E-state index in [2.05, 4.69) is 8.73 Å². The van der Waals surface area contributed by atoms with Gasteiger partial charge in [-0.2, -0.15) is 0 Å². The molecule has 15 nitrogen and oxygen atoms in total. The molecule has 9 atom stereocenters. The minimum atomic E-state index is -2.57. The third-order valence-corrected chi connectivity index (χ3v) is 8.78. The molecule has 4 N–H and O–H groups in total. The van der Waals surface area contributed by atoms with Crippen LogP contribution in [0.1, 0.15) is 13.3 Å². The average molecular weight is 649 g/mol. The first-order valence-corrected chi connectivity index (χ1v) is 18.3. The Hall–Kier alpha value is -1.38. The third kappa shape index (κ3) is 12.0. The van der Waals surface area contributed by atoms with Gasteiger partial charge in [0.15, 0.2) is 0 Å². The van der Waals surface area contributed by atoms with Crippen LogP contribution in [0.5, 0.6) is 0 Å². The van der Waals surface area contributed by atoms with Crippen LogP contribution in [-0.2, 0) is 52.8 Å². The summed E-state index contributed by atoms with van der Waals surface area (Å²) >= 11 is 0.844. The lowest BCUT2D eigenvalue weighted by molar-refractivity contribution is -0.176. The number of Topliss-reactive ketones (excluding diaryl/α,β-unsaturated/α-hetero) is 1. The van der Waals surface area contributed by atoms with E-state index in [1.165, 1.54) is 31.9 Å². The number of ketones is 1. The van der Waals surface area contributed by atoms with Gasteiger partial charge in [0.05, 0.1) is 25.4 Å². The van der Waals surface area contributed by atoms with E-state index in [1.807, 2.05) is 0 Å². The minimum Gasteiger partial charge on any atom is -0.463 e. The third-order valence-electron chi connectivity index (χ3n) is 5.89. The van der Waals surface area contributed by atoms with E-state index in [0.29, 0.717) is 0 Å². The Bertz CT molecular complexity index is 1170. The SMILES string of the molecule is CC(=O)CSC(CC(=O)OC[C@H]1OC[C@@H](N=S(C)(C)=O)[C@@H](O)[C@H]1O)C(=O)OC[C@H]1OC[C@@H](N=S(C)(C)=O)[C@@H](O)[C@H]1O. The number of aliphatic hydroxyl groups excluding tert-OH is 4. The molecule has 18 heteroatoms. The number of aliphatic hydroxyl groups is 4. The number of esters is 2. The lowest BCUT2D eigenvalue weighted by Gasteiger charge is -2.35. The van der Waals surface area contributed by atoms with Gasteiger partial charge in [0.1, 0.15) is 73.0 Å². The number of ether oxygens (including phenoxy) is 4. The summed E-state index contributed by atoms with van der Waals surface area (Å²) in [6.07, 6.45) is -2.98. The topological polar surface area (TPSA) is 228 Å². The molecule has 2 fully saturated rings. The van der Waals surface area contributed by atoms with Crippen molar-refractivity contribution < 1.29 is 62.2 Å². The highest BCUT2D eigenvalue weighted by Crippen LogP contribution is 2.23. The first-order valence-electron chi connectivity index (χ1n) is 12.6. The Morgan fingerprint density at radius 1 is 0.829 bits per heavy atom. The molecule has 2 heterocycles. The van der Waals surface area contributed by atoms with Crippen molar-refractivity contribution >= 4 is 48.9 Å². The zero-order chi connectivity index (χ0) is 31.1.